The Kier molecular flexibility index (Phi) is 4.56. The summed E-state index contributed by atoms with van der Waals surface area (Å²) in [7, 11) is 0. The van der Waals surface area contributed by atoms with E-state index >= 15 is 0 Å². The fourth-order valence-electron chi connectivity index (χ4n) is 1.36. The van der Waals surface area contributed by atoms with Crippen molar-refractivity contribution < 1.29 is 13.6 Å². The highest BCUT2D eigenvalue weighted by Gasteiger charge is 2.16. The van der Waals surface area contributed by atoms with Gasteiger partial charge in [0.2, 0.25) is 0 Å². The lowest BCUT2D eigenvalue weighted by atomic mass is 10.0. The normalized spacial score (nSPS) is 12.6. The van der Waals surface area contributed by atoms with E-state index in [0.717, 1.165) is 6.07 Å². The molecule has 0 saturated heterocycles. The van der Waals surface area contributed by atoms with Crippen molar-refractivity contribution >= 4 is 21.7 Å². The fraction of sp³-hybridized carbons (Fsp3) is 0.364. The van der Waals surface area contributed by atoms with Gasteiger partial charge in [-0.2, -0.15) is 0 Å². The predicted molar refractivity (Wildman–Crippen MR) is 61.0 cm³/mol. The number of nitrogens with two attached hydrogens (primary N) is 1. The van der Waals surface area contributed by atoms with E-state index in [9.17, 15) is 13.6 Å². The fourth-order valence-corrected chi connectivity index (χ4v) is 1.73. The third-order valence-electron chi connectivity index (χ3n) is 2.06. The van der Waals surface area contributed by atoms with E-state index < -0.39 is 11.6 Å². The number of carbonyl (C=O) groups is 1. The number of rotatable bonds is 4. The van der Waals surface area contributed by atoms with E-state index in [-0.39, 0.29) is 34.7 Å². The minimum Gasteiger partial charge on any atom is -0.328 e. The van der Waals surface area contributed by atoms with E-state index in [1.165, 1.54) is 6.07 Å². The Morgan fingerprint density at radius 3 is 2.69 bits per heavy atom. The van der Waals surface area contributed by atoms with Crippen LogP contribution in [-0.4, -0.2) is 11.8 Å². The van der Waals surface area contributed by atoms with Crippen LogP contribution in [0.25, 0.3) is 0 Å². The summed E-state index contributed by atoms with van der Waals surface area (Å²) < 4.78 is 26.9. The van der Waals surface area contributed by atoms with Gasteiger partial charge in [-0.1, -0.05) is 0 Å². The summed E-state index contributed by atoms with van der Waals surface area (Å²) in [4.78, 5) is 11.4. The molecule has 1 aromatic rings. The molecule has 0 saturated carbocycles. The van der Waals surface area contributed by atoms with Gasteiger partial charge in [0.25, 0.3) is 0 Å². The molecule has 88 valence electrons. The number of Topliss-reactive ketones (excluding diaryl/α,β-unsaturated/α-hetero) is 1. The topological polar surface area (TPSA) is 43.1 Å². The second kappa shape index (κ2) is 5.50. The summed E-state index contributed by atoms with van der Waals surface area (Å²) in [6.45, 7) is 1.67. The smallest absolute Gasteiger partial charge is 0.143 e. The molecule has 0 amide bonds. The SMILES string of the molecule is CC(N)CC(=O)Cc1c(F)ccc(Br)c1F. The average molecular weight is 292 g/mol. The Bertz CT molecular complexity index is 407. The van der Waals surface area contributed by atoms with E-state index in [1.807, 2.05) is 0 Å². The van der Waals surface area contributed by atoms with Crippen LogP contribution in [-0.2, 0) is 11.2 Å². The number of carbonyl (C=O) groups excluding carboxylic acids is 1. The zero-order valence-corrected chi connectivity index (χ0v) is 10.4. The number of halogens is 3. The van der Waals surface area contributed by atoms with Gasteiger partial charge in [0.1, 0.15) is 17.4 Å². The molecular weight excluding hydrogens is 280 g/mol. The van der Waals surface area contributed by atoms with Crippen LogP contribution in [0.15, 0.2) is 16.6 Å². The first-order valence-electron chi connectivity index (χ1n) is 4.81. The molecule has 0 bridgehead atoms. The molecule has 0 aliphatic rings. The van der Waals surface area contributed by atoms with Gasteiger partial charge >= 0.3 is 0 Å². The van der Waals surface area contributed by atoms with Crippen molar-refractivity contribution in [2.24, 2.45) is 5.73 Å². The Morgan fingerprint density at radius 2 is 2.12 bits per heavy atom. The number of hydrogen-bond acceptors (Lipinski definition) is 2. The van der Waals surface area contributed by atoms with Crippen molar-refractivity contribution in [3.63, 3.8) is 0 Å². The van der Waals surface area contributed by atoms with Gasteiger partial charge in [-0.25, -0.2) is 8.78 Å². The molecule has 0 heterocycles. The molecule has 0 aromatic heterocycles. The largest absolute Gasteiger partial charge is 0.328 e. The monoisotopic (exact) mass is 291 g/mol. The van der Waals surface area contributed by atoms with Crippen LogP contribution >= 0.6 is 15.9 Å². The Hall–Kier alpha value is -0.810. The highest BCUT2D eigenvalue weighted by molar-refractivity contribution is 9.10. The highest BCUT2D eigenvalue weighted by Crippen LogP contribution is 2.22. The zero-order chi connectivity index (χ0) is 12.3. The maximum atomic E-state index is 13.5. The maximum absolute atomic E-state index is 13.5. The summed E-state index contributed by atoms with van der Waals surface area (Å²) in [6, 6.07) is 2.09. The van der Waals surface area contributed by atoms with E-state index in [0.29, 0.717) is 0 Å². The van der Waals surface area contributed by atoms with Crippen molar-refractivity contribution in [2.45, 2.75) is 25.8 Å². The first-order chi connectivity index (χ1) is 7.41. The van der Waals surface area contributed by atoms with Gasteiger partial charge in [-0.15, -0.1) is 0 Å². The lowest BCUT2D eigenvalue weighted by Crippen LogP contribution is -2.21. The molecule has 1 unspecified atom stereocenters. The van der Waals surface area contributed by atoms with Crippen molar-refractivity contribution in [1.82, 2.24) is 0 Å². The molecule has 0 radical (unpaired) electrons. The summed E-state index contributed by atoms with van der Waals surface area (Å²) in [5.74, 6) is -1.71. The van der Waals surface area contributed by atoms with Crippen molar-refractivity contribution in [1.29, 1.82) is 0 Å². The first kappa shape index (κ1) is 13.3. The third kappa shape index (κ3) is 3.35. The highest BCUT2D eigenvalue weighted by atomic mass is 79.9. The molecule has 0 fully saturated rings. The lowest BCUT2D eigenvalue weighted by Gasteiger charge is -2.07. The predicted octanol–water partition coefficient (Wildman–Crippen LogP) is 2.58. The van der Waals surface area contributed by atoms with Crippen LogP contribution in [0.5, 0.6) is 0 Å². The number of ketones is 1. The van der Waals surface area contributed by atoms with Gasteiger partial charge in [-0.3, -0.25) is 4.79 Å². The van der Waals surface area contributed by atoms with E-state index in [1.54, 1.807) is 6.92 Å². The molecule has 0 spiro atoms. The second-order valence-corrected chi connectivity index (χ2v) is 4.57. The van der Waals surface area contributed by atoms with Crippen molar-refractivity contribution in [3.05, 3.63) is 33.8 Å². The van der Waals surface area contributed by atoms with Crippen LogP contribution in [0.2, 0.25) is 0 Å². The van der Waals surface area contributed by atoms with E-state index in [2.05, 4.69) is 15.9 Å². The summed E-state index contributed by atoms with van der Waals surface area (Å²) in [5.41, 5.74) is 5.23. The van der Waals surface area contributed by atoms with Crippen LogP contribution in [0.4, 0.5) is 8.78 Å². The molecule has 2 N–H and O–H groups in total. The van der Waals surface area contributed by atoms with Gasteiger partial charge in [-0.05, 0) is 35.0 Å². The quantitative estimate of drug-likeness (QED) is 0.867. The maximum Gasteiger partial charge on any atom is 0.143 e. The molecule has 2 nitrogen and oxygen atoms in total. The summed E-state index contributed by atoms with van der Waals surface area (Å²) in [6.07, 6.45) is -0.149. The molecule has 0 aliphatic carbocycles. The molecule has 0 aliphatic heterocycles. The molecule has 1 aromatic carbocycles. The molecule has 16 heavy (non-hydrogen) atoms. The zero-order valence-electron chi connectivity index (χ0n) is 8.77. The standard InChI is InChI=1S/C11H12BrF2NO/c1-6(15)4-7(16)5-8-10(13)3-2-9(12)11(8)14/h2-3,6H,4-5,15H2,1H3. The molecule has 1 rings (SSSR count). The second-order valence-electron chi connectivity index (χ2n) is 3.72. The molecule has 1 atom stereocenters. The molecule has 5 heteroatoms. The lowest BCUT2D eigenvalue weighted by molar-refractivity contribution is -0.118. The van der Waals surface area contributed by atoms with Crippen molar-refractivity contribution in [3.8, 4) is 0 Å². The van der Waals surface area contributed by atoms with Crippen LogP contribution < -0.4 is 5.73 Å². The number of hydrogen-bond donors (Lipinski definition) is 1. The average Bonchev–Trinajstić information content (AvgIpc) is 2.17. The van der Waals surface area contributed by atoms with Gasteiger partial charge in [0.05, 0.1) is 4.47 Å². The van der Waals surface area contributed by atoms with Crippen LogP contribution in [0, 0.1) is 11.6 Å². The Labute approximate surface area is 101 Å². The molecular formula is C11H12BrF2NO. The summed E-state index contributed by atoms with van der Waals surface area (Å²) in [5, 5.41) is 0. The van der Waals surface area contributed by atoms with Gasteiger partial charge in [0, 0.05) is 24.4 Å². The Balaban J connectivity index is 2.88. The minimum atomic E-state index is -0.724. The first-order valence-corrected chi connectivity index (χ1v) is 5.60. The van der Waals surface area contributed by atoms with Crippen LogP contribution in [0.3, 0.4) is 0 Å². The minimum absolute atomic E-state index is 0.116. The van der Waals surface area contributed by atoms with Crippen molar-refractivity contribution in [2.75, 3.05) is 0 Å². The third-order valence-corrected chi connectivity index (χ3v) is 2.67. The van der Waals surface area contributed by atoms with Gasteiger partial charge in [0.15, 0.2) is 0 Å². The van der Waals surface area contributed by atoms with Gasteiger partial charge < -0.3 is 5.73 Å². The summed E-state index contributed by atoms with van der Waals surface area (Å²) >= 11 is 2.94. The Morgan fingerprint density at radius 1 is 1.50 bits per heavy atom. The van der Waals surface area contributed by atoms with E-state index in [4.69, 9.17) is 5.73 Å². The number of benzene rings is 1. The van der Waals surface area contributed by atoms with Crippen LogP contribution in [0.1, 0.15) is 18.9 Å².